The number of carbonyl (C=O) groups is 1. The first-order valence-corrected chi connectivity index (χ1v) is 10.4. The van der Waals surface area contributed by atoms with E-state index >= 15 is 0 Å². The van der Waals surface area contributed by atoms with Crippen LogP contribution in [0.3, 0.4) is 0 Å². The average Bonchev–Trinajstić information content (AvgIpc) is 3.06. The molecule has 1 atom stereocenters. The molecule has 0 radical (unpaired) electrons. The molecule has 1 aliphatic rings. The Balaban J connectivity index is 1.82. The molecule has 1 fully saturated rings. The van der Waals surface area contributed by atoms with Gasteiger partial charge in [0.1, 0.15) is 5.82 Å². The fourth-order valence-electron chi connectivity index (χ4n) is 3.22. The number of benzene rings is 2. The van der Waals surface area contributed by atoms with Gasteiger partial charge in [-0.2, -0.15) is 0 Å². The highest BCUT2D eigenvalue weighted by atomic mass is 32.2. The van der Waals surface area contributed by atoms with E-state index in [4.69, 9.17) is 0 Å². The van der Waals surface area contributed by atoms with Crippen molar-refractivity contribution in [2.45, 2.75) is 37.6 Å². The van der Waals surface area contributed by atoms with Gasteiger partial charge >= 0.3 is 0 Å². The minimum atomic E-state index is -3.76. The number of nitrogens with one attached hydrogen (secondary N) is 1. The van der Waals surface area contributed by atoms with Crippen LogP contribution in [-0.2, 0) is 14.8 Å². The molecule has 3 rings (SSSR count). The molecule has 1 amide bonds. The van der Waals surface area contributed by atoms with Gasteiger partial charge in [-0.3, -0.25) is 4.79 Å². The normalized spacial score (nSPS) is 16.1. The molecule has 0 spiro atoms. The van der Waals surface area contributed by atoms with Gasteiger partial charge in [-0.15, -0.1) is 0 Å². The zero-order chi connectivity index (χ0) is 19.6. The summed E-state index contributed by atoms with van der Waals surface area (Å²) in [7, 11) is -3.76. The zero-order valence-corrected chi connectivity index (χ0v) is 16.2. The number of carbonyl (C=O) groups excluding carboxylic acids is 1. The lowest BCUT2D eigenvalue weighted by Crippen LogP contribution is -2.32. The predicted octanol–water partition coefficient (Wildman–Crippen LogP) is 3.63. The SMILES string of the molecule is CC(C)C(NS(=O)(=O)c1ccc(N2CCCC2=O)cc1)c1ccc(F)cc1. The van der Waals surface area contributed by atoms with Gasteiger partial charge in [0, 0.05) is 24.7 Å². The number of amides is 1. The van der Waals surface area contributed by atoms with Crippen molar-refractivity contribution in [1.29, 1.82) is 0 Å². The van der Waals surface area contributed by atoms with Gasteiger partial charge in [0.05, 0.1) is 4.90 Å². The maximum absolute atomic E-state index is 13.2. The molecule has 27 heavy (non-hydrogen) atoms. The Morgan fingerprint density at radius 3 is 2.19 bits per heavy atom. The molecule has 7 heteroatoms. The summed E-state index contributed by atoms with van der Waals surface area (Å²) < 4.78 is 41.5. The van der Waals surface area contributed by atoms with Crippen LogP contribution in [0.1, 0.15) is 38.3 Å². The van der Waals surface area contributed by atoms with E-state index in [-0.39, 0.29) is 22.5 Å². The summed E-state index contributed by atoms with van der Waals surface area (Å²) in [6.45, 7) is 4.46. The first-order valence-electron chi connectivity index (χ1n) is 8.96. The van der Waals surface area contributed by atoms with Crippen molar-refractivity contribution in [3.05, 3.63) is 59.9 Å². The molecular weight excluding hydrogens is 367 g/mol. The van der Waals surface area contributed by atoms with Gasteiger partial charge in [0.15, 0.2) is 0 Å². The molecule has 1 aliphatic heterocycles. The minimum Gasteiger partial charge on any atom is -0.312 e. The Bertz CT molecular complexity index is 909. The van der Waals surface area contributed by atoms with Crippen molar-refractivity contribution in [1.82, 2.24) is 4.72 Å². The summed E-state index contributed by atoms with van der Waals surface area (Å²) in [5, 5.41) is 0. The summed E-state index contributed by atoms with van der Waals surface area (Å²) in [5.41, 5.74) is 1.41. The van der Waals surface area contributed by atoms with Crippen molar-refractivity contribution in [3.63, 3.8) is 0 Å². The third kappa shape index (κ3) is 4.36. The average molecular weight is 390 g/mol. The minimum absolute atomic E-state index is 0.0215. The fraction of sp³-hybridized carbons (Fsp3) is 0.350. The summed E-state index contributed by atoms with van der Waals surface area (Å²) in [4.78, 5) is 13.6. The molecular formula is C20H23FN2O3S. The van der Waals surface area contributed by atoms with E-state index in [2.05, 4.69) is 4.72 Å². The molecule has 1 unspecified atom stereocenters. The molecule has 2 aromatic rings. The van der Waals surface area contributed by atoms with Crippen LogP contribution >= 0.6 is 0 Å². The maximum atomic E-state index is 13.2. The van der Waals surface area contributed by atoms with Crippen LogP contribution < -0.4 is 9.62 Å². The lowest BCUT2D eigenvalue weighted by Gasteiger charge is -2.23. The highest BCUT2D eigenvalue weighted by Crippen LogP contribution is 2.26. The Labute approximate surface area is 159 Å². The number of halogens is 1. The first-order chi connectivity index (χ1) is 12.8. The van der Waals surface area contributed by atoms with E-state index < -0.39 is 16.1 Å². The van der Waals surface area contributed by atoms with Gasteiger partial charge in [-0.1, -0.05) is 26.0 Å². The quantitative estimate of drug-likeness (QED) is 0.819. The molecule has 5 nitrogen and oxygen atoms in total. The lowest BCUT2D eigenvalue weighted by atomic mass is 9.97. The van der Waals surface area contributed by atoms with Gasteiger partial charge in [0.25, 0.3) is 0 Å². The standard InChI is InChI=1S/C20H23FN2O3S/c1-14(2)20(15-5-7-16(21)8-6-15)22-27(25,26)18-11-9-17(10-12-18)23-13-3-4-19(23)24/h5-12,14,20,22H,3-4,13H2,1-2H3. The smallest absolute Gasteiger partial charge is 0.241 e. The first kappa shape index (κ1) is 19.5. The van der Waals surface area contributed by atoms with Crippen molar-refractivity contribution in [2.75, 3.05) is 11.4 Å². The van der Waals surface area contributed by atoms with Gasteiger partial charge in [-0.25, -0.2) is 17.5 Å². The largest absolute Gasteiger partial charge is 0.312 e. The monoisotopic (exact) mass is 390 g/mol. The van der Waals surface area contributed by atoms with Gasteiger partial charge in [-0.05, 0) is 54.3 Å². The number of nitrogens with zero attached hydrogens (tertiary/aromatic N) is 1. The van der Waals surface area contributed by atoms with Crippen molar-refractivity contribution >= 4 is 21.6 Å². The molecule has 0 bridgehead atoms. The van der Waals surface area contributed by atoms with E-state index in [0.717, 1.165) is 6.42 Å². The van der Waals surface area contributed by atoms with E-state index in [9.17, 15) is 17.6 Å². The number of hydrogen-bond acceptors (Lipinski definition) is 3. The van der Waals surface area contributed by atoms with E-state index in [0.29, 0.717) is 24.2 Å². The van der Waals surface area contributed by atoms with Crippen LogP contribution in [-0.4, -0.2) is 20.9 Å². The highest BCUT2D eigenvalue weighted by molar-refractivity contribution is 7.89. The van der Waals surface area contributed by atoms with Crippen molar-refractivity contribution < 1.29 is 17.6 Å². The summed E-state index contributed by atoms with van der Waals surface area (Å²) in [6, 6.07) is 11.7. The van der Waals surface area contributed by atoms with Crippen molar-refractivity contribution in [3.8, 4) is 0 Å². The van der Waals surface area contributed by atoms with E-state index in [1.807, 2.05) is 13.8 Å². The zero-order valence-electron chi connectivity index (χ0n) is 15.4. The summed E-state index contributed by atoms with van der Waals surface area (Å²) in [6.07, 6.45) is 1.34. The fourth-order valence-corrected chi connectivity index (χ4v) is 4.59. The molecule has 2 aromatic carbocycles. The third-order valence-electron chi connectivity index (χ3n) is 4.71. The molecule has 0 aliphatic carbocycles. The molecule has 0 aromatic heterocycles. The summed E-state index contributed by atoms with van der Waals surface area (Å²) >= 11 is 0. The second-order valence-corrected chi connectivity index (χ2v) is 8.75. The number of hydrogen-bond donors (Lipinski definition) is 1. The number of sulfonamides is 1. The van der Waals surface area contributed by atoms with E-state index in [1.54, 1.807) is 29.2 Å². The molecule has 144 valence electrons. The molecule has 0 saturated carbocycles. The predicted molar refractivity (Wildman–Crippen MR) is 102 cm³/mol. The highest BCUT2D eigenvalue weighted by Gasteiger charge is 2.25. The molecule has 1 saturated heterocycles. The van der Waals surface area contributed by atoms with Crippen LogP contribution in [0.5, 0.6) is 0 Å². The maximum Gasteiger partial charge on any atom is 0.241 e. The Kier molecular flexibility index (Phi) is 5.62. The molecule has 1 heterocycles. The Hall–Kier alpha value is -2.25. The van der Waals surface area contributed by atoms with Gasteiger partial charge < -0.3 is 4.90 Å². The second kappa shape index (κ2) is 7.78. The van der Waals surface area contributed by atoms with Crippen LogP contribution in [0.2, 0.25) is 0 Å². The van der Waals surface area contributed by atoms with Crippen LogP contribution in [0.15, 0.2) is 53.4 Å². The molecule has 1 N–H and O–H groups in total. The van der Waals surface area contributed by atoms with Crippen LogP contribution in [0, 0.1) is 11.7 Å². The van der Waals surface area contributed by atoms with Crippen molar-refractivity contribution in [2.24, 2.45) is 5.92 Å². The van der Waals surface area contributed by atoms with E-state index in [1.165, 1.54) is 24.3 Å². The summed E-state index contributed by atoms with van der Waals surface area (Å²) in [5.74, 6) is -0.331. The number of anilines is 1. The second-order valence-electron chi connectivity index (χ2n) is 7.04. The number of rotatable bonds is 6. The van der Waals surface area contributed by atoms with Crippen LogP contribution in [0.4, 0.5) is 10.1 Å². The third-order valence-corrected chi connectivity index (χ3v) is 6.17. The topological polar surface area (TPSA) is 66.5 Å². The Morgan fingerprint density at radius 1 is 1.04 bits per heavy atom. The Morgan fingerprint density at radius 2 is 1.67 bits per heavy atom. The lowest BCUT2D eigenvalue weighted by molar-refractivity contribution is -0.117. The van der Waals surface area contributed by atoms with Gasteiger partial charge in [0.2, 0.25) is 15.9 Å². The van der Waals surface area contributed by atoms with Crippen LogP contribution in [0.25, 0.3) is 0 Å².